The Hall–Kier alpha value is -1.03. The maximum Gasteiger partial charge on any atom is 0.333 e. The van der Waals surface area contributed by atoms with Crippen molar-refractivity contribution in [2.75, 3.05) is 52.9 Å². The van der Waals surface area contributed by atoms with Crippen LogP contribution in [0.15, 0.2) is 11.1 Å². The molecule has 0 atom stereocenters. The Kier molecular flexibility index (Phi) is 14.3. The first-order valence-corrected chi connectivity index (χ1v) is 10.2. The van der Waals surface area contributed by atoms with E-state index in [1.807, 2.05) is 13.8 Å². The predicted molar refractivity (Wildman–Crippen MR) is 109 cm³/mol. The molecule has 0 aromatic heterocycles. The van der Waals surface area contributed by atoms with Gasteiger partial charge in [-0.2, -0.15) is 0 Å². The molecule has 0 aliphatic heterocycles. The fourth-order valence-electron chi connectivity index (χ4n) is 2.64. The Bertz CT molecular complexity index is 469. The van der Waals surface area contributed by atoms with Crippen LogP contribution in [0.2, 0.25) is 0 Å². The largest absolute Gasteiger partial charge is 0.461 e. The third-order valence-electron chi connectivity index (χ3n) is 5.13. The van der Waals surface area contributed by atoms with Gasteiger partial charge < -0.3 is 35.0 Å². The number of esters is 1. The van der Waals surface area contributed by atoms with Gasteiger partial charge in [0.15, 0.2) is 0 Å². The van der Waals surface area contributed by atoms with Gasteiger partial charge in [-0.15, -0.1) is 0 Å². The molecule has 0 unspecified atom stereocenters. The first kappa shape index (κ1) is 28.0. The summed E-state index contributed by atoms with van der Waals surface area (Å²) < 4.78 is 10.8. The van der Waals surface area contributed by atoms with E-state index >= 15 is 0 Å². The Morgan fingerprint density at radius 1 is 0.759 bits per heavy atom. The maximum absolute atomic E-state index is 12.5. The van der Waals surface area contributed by atoms with E-state index in [1.165, 1.54) is 0 Å². The van der Waals surface area contributed by atoms with Crippen molar-refractivity contribution in [1.29, 1.82) is 0 Å². The summed E-state index contributed by atoms with van der Waals surface area (Å²) in [6, 6.07) is 0. The van der Waals surface area contributed by atoms with Crippen LogP contribution in [-0.4, -0.2) is 84.4 Å². The summed E-state index contributed by atoms with van der Waals surface area (Å²) in [6.45, 7) is 2.81. The first-order valence-electron chi connectivity index (χ1n) is 10.2. The number of allylic oxidation sites excluding steroid dienone is 1. The molecule has 0 aliphatic carbocycles. The number of carbonyl (C=O) groups excluding carboxylic acids is 1. The fourth-order valence-corrected chi connectivity index (χ4v) is 2.64. The molecular weight excluding hydrogens is 380 g/mol. The van der Waals surface area contributed by atoms with Gasteiger partial charge in [0.05, 0.1) is 57.1 Å². The molecule has 0 bridgehead atoms. The molecule has 0 aliphatic rings. The molecule has 0 saturated heterocycles. The van der Waals surface area contributed by atoms with E-state index in [4.69, 9.17) is 9.47 Å². The van der Waals surface area contributed by atoms with E-state index in [-0.39, 0.29) is 19.8 Å². The van der Waals surface area contributed by atoms with Crippen LogP contribution < -0.4 is 0 Å². The quantitative estimate of drug-likeness (QED) is 0.132. The summed E-state index contributed by atoms with van der Waals surface area (Å²) >= 11 is 0. The van der Waals surface area contributed by atoms with Crippen molar-refractivity contribution in [3.8, 4) is 0 Å². The van der Waals surface area contributed by atoms with Crippen molar-refractivity contribution in [3.05, 3.63) is 11.1 Å². The molecule has 8 nitrogen and oxygen atoms in total. The fraction of sp³-hybridized carbons (Fsp3) is 0.857. The van der Waals surface area contributed by atoms with Gasteiger partial charge in [0.2, 0.25) is 0 Å². The number of rotatable bonds is 17. The molecule has 0 rings (SSSR count). The number of hydrogen-bond donors (Lipinski definition) is 5. The van der Waals surface area contributed by atoms with E-state index in [9.17, 15) is 30.3 Å². The monoisotopic (exact) mass is 420 g/mol. The van der Waals surface area contributed by atoms with Crippen LogP contribution in [0.3, 0.4) is 0 Å². The van der Waals surface area contributed by atoms with Gasteiger partial charge in [0.25, 0.3) is 0 Å². The second-order valence-corrected chi connectivity index (χ2v) is 8.15. The number of ether oxygens (including phenoxy) is 2. The summed E-state index contributed by atoms with van der Waals surface area (Å²) in [7, 11) is 0. The number of aliphatic hydroxyl groups is 5. The summed E-state index contributed by atoms with van der Waals surface area (Å²) in [6.07, 6.45) is 4.76. The number of unbranched alkanes of at least 4 members (excludes halogenated alkanes) is 3. The van der Waals surface area contributed by atoms with E-state index in [0.717, 1.165) is 31.3 Å². The molecule has 0 amide bonds. The summed E-state index contributed by atoms with van der Waals surface area (Å²) in [5.41, 5.74) is -0.968. The molecule has 0 radical (unpaired) electrons. The van der Waals surface area contributed by atoms with Gasteiger partial charge >= 0.3 is 5.97 Å². The van der Waals surface area contributed by atoms with Crippen LogP contribution in [0.5, 0.6) is 0 Å². The summed E-state index contributed by atoms with van der Waals surface area (Å²) in [5, 5.41) is 47.5. The van der Waals surface area contributed by atoms with Crippen molar-refractivity contribution >= 4 is 5.97 Å². The normalized spacial score (nSPS) is 12.1. The van der Waals surface area contributed by atoms with E-state index in [1.54, 1.807) is 0 Å². The standard InChI is InChI=1S/C21H40O8/c1-4-5-6-7-8-18(17(2)3)19(27)29-16-21(12-25,13-26)15-28-14-20(9-22,10-23)11-24/h22-26H,4-16H2,1-3H3. The van der Waals surface area contributed by atoms with Crippen LogP contribution in [0.4, 0.5) is 0 Å². The van der Waals surface area contributed by atoms with Crippen LogP contribution >= 0.6 is 0 Å². The maximum atomic E-state index is 12.5. The SMILES string of the molecule is CCCCCCC(C(=O)OCC(CO)(CO)COCC(CO)(CO)CO)=C(C)C. The van der Waals surface area contributed by atoms with Crippen molar-refractivity contribution in [2.45, 2.75) is 52.9 Å². The number of hydrogen-bond acceptors (Lipinski definition) is 8. The Morgan fingerprint density at radius 2 is 1.28 bits per heavy atom. The molecule has 0 heterocycles. The minimum Gasteiger partial charge on any atom is -0.461 e. The van der Waals surface area contributed by atoms with Crippen molar-refractivity contribution < 1.29 is 39.8 Å². The van der Waals surface area contributed by atoms with Gasteiger partial charge in [-0.1, -0.05) is 31.8 Å². The van der Waals surface area contributed by atoms with E-state index in [2.05, 4.69) is 6.92 Å². The second-order valence-electron chi connectivity index (χ2n) is 8.15. The van der Waals surface area contributed by atoms with Crippen molar-refractivity contribution in [3.63, 3.8) is 0 Å². The lowest BCUT2D eigenvalue weighted by Crippen LogP contribution is -2.44. The molecule has 0 spiro atoms. The average Bonchev–Trinajstić information content (AvgIpc) is 2.73. The lowest BCUT2D eigenvalue weighted by Gasteiger charge is -2.32. The highest BCUT2D eigenvalue weighted by Gasteiger charge is 2.34. The molecule has 172 valence electrons. The highest BCUT2D eigenvalue weighted by molar-refractivity contribution is 5.89. The summed E-state index contributed by atoms with van der Waals surface area (Å²) in [4.78, 5) is 12.5. The predicted octanol–water partition coefficient (Wildman–Crippen LogP) is 0.787. The van der Waals surface area contributed by atoms with Crippen molar-refractivity contribution in [2.24, 2.45) is 10.8 Å². The zero-order chi connectivity index (χ0) is 22.3. The van der Waals surface area contributed by atoms with Crippen LogP contribution in [0.1, 0.15) is 52.9 Å². The zero-order valence-electron chi connectivity index (χ0n) is 18.2. The van der Waals surface area contributed by atoms with Gasteiger partial charge in [-0.05, 0) is 26.7 Å². The van der Waals surface area contributed by atoms with E-state index < -0.39 is 49.8 Å². The highest BCUT2D eigenvalue weighted by atomic mass is 16.5. The molecule has 29 heavy (non-hydrogen) atoms. The van der Waals surface area contributed by atoms with Crippen LogP contribution in [0, 0.1) is 10.8 Å². The molecule has 0 saturated carbocycles. The van der Waals surface area contributed by atoms with Gasteiger partial charge in [-0.3, -0.25) is 0 Å². The number of aliphatic hydroxyl groups excluding tert-OH is 5. The van der Waals surface area contributed by atoms with E-state index in [0.29, 0.717) is 12.0 Å². The minimum atomic E-state index is -1.23. The van der Waals surface area contributed by atoms with Gasteiger partial charge in [0.1, 0.15) is 6.61 Å². The average molecular weight is 421 g/mol. The Labute approximate surface area is 174 Å². The molecule has 8 heteroatoms. The highest BCUT2D eigenvalue weighted by Crippen LogP contribution is 2.23. The van der Waals surface area contributed by atoms with Gasteiger partial charge in [-0.25, -0.2) is 4.79 Å². The lowest BCUT2D eigenvalue weighted by atomic mass is 9.90. The smallest absolute Gasteiger partial charge is 0.333 e. The molecule has 0 aromatic carbocycles. The van der Waals surface area contributed by atoms with Crippen LogP contribution in [-0.2, 0) is 14.3 Å². The van der Waals surface area contributed by atoms with Crippen LogP contribution in [0.25, 0.3) is 0 Å². The second kappa shape index (κ2) is 14.9. The topological polar surface area (TPSA) is 137 Å². The third kappa shape index (κ3) is 9.55. The first-order chi connectivity index (χ1) is 13.8. The summed E-state index contributed by atoms with van der Waals surface area (Å²) in [5.74, 6) is -0.469. The zero-order valence-corrected chi connectivity index (χ0v) is 18.2. The molecule has 5 N–H and O–H groups in total. The Morgan fingerprint density at radius 3 is 1.72 bits per heavy atom. The number of carbonyl (C=O) groups is 1. The molecule has 0 fully saturated rings. The minimum absolute atomic E-state index is 0.171. The molecular formula is C21H40O8. The van der Waals surface area contributed by atoms with Crippen molar-refractivity contribution in [1.82, 2.24) is 0 Å². The lowest BCUT2D eigenvalue weighted by molar-refractivity contribution is -0.150. The van der Waals surface area contributed by atoms with Gasteiger partial charge in [0, 0.05) is 5.57 Å². The Balaban J connectivity index is 4.88. The molecule has 0 aromatic rings. The third-order valence-corrected chi connectivity index (χ3v) is 5.13.